The fourth-order valence-corrected chi connectivity index (χ4v) is 3.90. The molecule has 0 bridgehead atoms. The third kappa shape index (κ3) is 2.90. The van der Waals surface area contributed by atoms with Gasteiger partial charge < -0.3 is 4.74 Å². The predicted octanol–water partition coefficient (Wildman–Crippen LogP) is 3.12. The molecule has 0 amide bonds. The van der Waals surface area contributed by atoms with Gasteiger partial charge in [0.2, 0.25) is 0 Å². The van der Waals surface area contributed by atoms with Crippen molar-refractivity contribution in [2.45, 2.75) is 11.8 Å². The van der Waals surface area contributed by atoms with Crippen LogP contribution in [0.25, 0.3) is 0 Å². The Labute approximate surface area is 115 Å². The maximum atomic E-state index is 10.9. The maximum Gasteiger partial charge on any atom is 0.311 e. The van der Waals surface area contributed by atoms with Gasteiger partial charge in [0.1, 0.15) is 0 Å². The van der Waals surface area contributed by atoms with Crippen LogP contribution in [0.5, 0.6) is 5.75 Å². The van der Waals surface area contributed by atoms with Crippen molar-refractivity contribution < 1.29 is 9.66 Å². The number of halogens is 1. The van der Waals surface area contributed by atoms with Crippen molar-refractivity contribution in [3.05, 3.63) is 33.9 Å². The van der Waals surface area contributed by atoms with Crippen LogP contribution in [0.3, 0.4) is 0 Å². The molecule has 1 aromatic rings. The molecule has 0 saturated carbocycles. The molecule has 0 spiro atoms. The molecule has 0 aromatic heterocycles. The SMILES string of the molecule is COc1ccc(CC2CSCC2Cl)cc1[N+](=O)[O-]. The maximum absolute atomic E-state index is 10.9. The van der Waals surface area contributed by atoms with E-state index in [2.05, 4.69) is 0 Å². The summed E-state index contributed by atoms with van der Waals surface area (Å²) in [5, 5.41) is 11.1. The molecule has 2 atom stereocenters. The summed E-state index contributed by atoms with van der Waals surface area (Å²) in [6.07, 6.45) is 0.784. The van der Waals surface area contributed by atoms with Crippen molar-refractivity contribution in [1.29, 1.82) is 0 Å². The minimum Gasteiger partial charge on any atom is -0.490 e. The Balaban J connectivity index is 2.18. The number of benzene rings is 1. The molecule has 1 aromatic carbocycles. The minimum atomic E-state index is -0.413. The number of nitro benzene ring substituents is 1. The summed E-state index contributed by atoms with van der Waals surface area (Å²) in [5.41, 5.74) is 0.965. The van der Waals surface area contributed by atoms with Gasteiger partial charge in [-0.2, -0.15) is 11.8 Å². The Bertz CT molecular complexity index is 455. The van der Waals surface area contributed by atoms with Crippen LogP contribution < -0.4 is 4.74 Å². The lowest BCUT2D eigenvalue weighted by atomic mass is 9.98. The van der Waals surface area contributed by atoms with Gasteiger partial charge >= 0.3 is 5.69 Å². The molecule has 98 valence electrons. The Kier molecular flexibility index (Phi) is 4.35. The van der Waals surface area contributed by atoms with Crippen LogP contribution >= 0.6 is 23.4 Å². The van der Waals surface area contributed by atoms with E-state index in [0.29, 0.717) is 11.7 Å². The second kappa shape index (κ2) is 5.80. The van der Waals surface area contributed by atoms with Crippen LogP contribution in [0.2, 0.25) is 0 Å². The average molecular weight is 288 g/mol. The van der Waals surface area contributed by atoms with Crippen LogP contribution in [0.1, 0.15) is 5.56 Å². The molecule has 1 heterocycles. The zero-order valence-corrected chi connectivity index (χ0v) is 11.5. The smallest absolute Gasteiger partial charge is 0.311 e. The van der Waals surface area contributed by atoms with Gasteiger partial charge in [-0.1, -0.05) is 6.07 Å². The molecule has 6 heteroatoms. The van der Waals surface area contributed by atoms with Gasteiger partial charge in [0.15, 0.2) is 5.75 Å². The summed E-state index contributed by atoms with van der Waals surface area (Å²) in [6, 6.07) is 5.11. The number of ether oxygens (including phenoxy) is 1. The first-order chi connectivity index (χ1) is 8.61. The zero-order valence-electron chi connectivity index (χ0n) is 9.97. The summed E-state index contributed by atoms with van der Waals surface area (Å²) in [7, 11) is 1.43. The molecular formula is C12H14ClNO3S. The van der Waals surface area contributed by atoms with Crippen molar-refractivity contribution in [2.24, 2.45) is 5.92 Å². The zero-order chi connectivity index (χ0) is 13.1. The lowest BCUT2D eigenvalue weighted by Gasteiger charge is -2.12. The van der Waals surface area contributed by atoms with Crippen molar-refractivity contribution in [3.8, 4) is 5.75 Å². The summed E-state index contributed by atoms with van der Waals surface area (Å²) in [6.45, 7) is 0. The largest absolute Gasteiger partial charge is 0.490 e. The number of alkyl halides is 1. The summed E-state index contributed by atoms with van der Waals surface area (Å²) >= 11 is 8.05. The van der Waals surface area contributed by atoms with Gasteiger partial charge in [0, 0.05) is 17.2 Å². The molecule has 1 aliphatic heterocycles. The highest BCUT2D eigenvalue weighted by molar-refractivity contribution is 7.99. The van der Waals surface area contributed by atoms with Crippen molar-refractivity contribution >= 4 is 29.1 Å². The fraction of sp³-hybridized carbons (Fsp3) is 0.500. The fourth-order valence-electron chi connectivity index (χ4n) is 2.07. The summed E-state index contributed by atoms with van der Waals surface area (Å²) in [4.78, 5) is 10.5. The predicted molar refractivity (Wildman–Crippen MR) is 73.8 cm³/mol. The Morgan fingerprint density at radius 1 is 1.56 bits per heavy atom. The van der Waals surface area contributed by atoms with Gasteiger partial charge in [-0.25, -0.2) is 0 Å². The Morgan fingerprint density at radius 3 is 2.89 bits per heavy atom. The highest BCUT2D eigenvalue weighted by atomic mass is 35.5. The molecule has 1 saturated heterocycles. The van der Waals surface area contributed by atoms with Crippen LogP contribution in [0, 0.1) is 16.0 Å². The number of thioether (sulfide) groups is 1. The molecular weight excluding hydrogens is 274 g/mol. The van der Waals surface area contributed by atoms with Crippen LogP contribution in [0.15, 0.2) is 18.2 Å². The number of nitro groups is 1. The first kappa shape index (κ1) is 13.5. The topological polar surface area (TPSA) is 52.4 Å². The van der Waals surface area contributed by atoms with E-state index in [-0.39, 0.29) is 11.1 Å². The lowest BCUT2D eigenvalue weighted by molar-refractivity contribution is -0.385. The Hall–Kier alpha value is -0.940. The molecule has 4 nitrogen and oxygen atoms in total. The minimum absolute atomic E-state index is 0.0202. The molecule has 2 unspecified atom stereocenters. The lowest BCUT2D eigenvalue weighted by Crippen LogP contribution is -2.14. The van der Waals surface area contributed by atoms with Crippen LogP contribution in [-0.4, -0.2) is 28.9 Å². The first-order valence-corrected chi connectivity index (χ1v) is 7.24. The van der Waals surface area contributed by atoms with E-state index in [0.717, 1.165) is 23.5 Å². The highest BCUT2D eigenvalue weighted by Crippen LogP contribution is 2.33. The van der Waals surface area contributed by atoms with Gasteiger partial charge in [-0.3, -0.25) is 10.1 Å². The van der Waals surface area contributed by atoms with Gasteiger partial charge in [-0.05, 0) is 29.7 Å². The van der Waals surface area contributed by atoms with E-state index in [1.165, 1.54) is 7.11 Å². The second-order valence-corrected chi connectivity index (χ2v) is 5.92. The van der Waals surface area contributed by atoms with Gasteiger partial charge in [0.05, 0.1) is 12.0 Å². The van der Waals surface area contributed by atoms with Gasteiger partial charge in [0.25, 0.3) is 0 Å². The standard InChI is InChI=1S/C12H14ClNO3S/c1-17-12-3-2-8(5-11(12)14(15)16)4-9-6-18-7-10(9)13/h2-3,5,9-10H,4,6-7H2,1H3. The quantitative estimate of drug-likeness (QED) is 0.485. The molecule has 18 heavy (non-hydrogen) atoms. The molecule has 1 fully saturated rings. The van der Waals surface area contributed by atoms with Gasteiger partial charge in [-0.15, -0.1) is 11.6 Å². The summed E-state index contributed by atoms with van der Waals surface area (Å²) in [5.74, 6) is 2.68. The van der Waals surface area contributed by atoms with E-state index in [9.17, 15) is 10.1 Å². The molecule has 2 rings (SSSR count). The number of methoxy groups -OCH3 is 1. The van der Waals surface area contributed by atoms with Crippen molar-refractivity contribution in [2.75, 3.05) is 18.6 Å². The van der Waals surface area contributed by atoms with Crippen molar-refractivity contribution in [3.63, 3.8) is 0 Å². The van der Waals surface area contributed by atoms with Crippen molar-refractivity contribution in [1.82, 2.24) is 0 Å². The van der Waals surface area contributed by atoms with E-state index >= 15 is 0 Å². The molecule has 0 radical (unpaired) electrons. The third-order valence-corrected chi connectivity index (χ3v) is 5.01. The normalized spacial score (nSPS) is 23.0. The molecule has 1 aliphatic rings. The van der Waals surface area contributed by atoms with E-state index in [1.54, 1.807) is 12.1 Å². The van der Waals surface area contributed by atoms with E-state index in [4.69, 9.17) is 16.3 Å². The number of rotatable bonds is 4. The Morgan fingerprint density at radius 2 is 2.33 bits per heavy atom. The third-order valence-electron chi connectivity index (χ3n) is 3.06. The van der Waals surface area contributed by atoms with Crippen LogP contribution in [-0.2, 0) is 6.42 Å². The summed E-state index contributed by atoms with van der Waals surface area (Å²) < 4.78 is 4.98. The average Bonchev–Trinajstić information content (AvgIpc) is 2.75. The number of nitrogens with zero attached hydrogens (tertiary/aromatic N) is 1. The van der Waals surface area contributed by atoms with Crippen LogP contribution in [0.4, 0.5) is 5.69 Å². The first-order valence-electron chi connectivity index (χ1n) is 5.65. The monoisotopic (exact) mass is 287 g/mol. The highest BCUT2D eigenvalue weighted by Gasteiger charge is 2.26. The molecule has 0 N–H and O–H groups in total. The number of hydrogen-bond acceptors (Lipinski definition) is 4. The second-order valence-electron chi connectivity index (χ2n) is 4.28. The molecule has 0 aliphatic carbocycles. The van der Waals surface area contributed by atoms with E-state index < -0.39 is 4.92 Å². The van der Waals surface area contributed by atoms with E-state index in [1.807, 2.05) is 17.8 Å². The number of hydrogen-bond donors (Lipinski definition) is 0.